The quantitative estimate of drug-likeness (QED) is 0.552. The van der Waals surface area contributed by atoms with Crippen molar-refractivity contribution in [1.29, 1.82) is 5.41 Å². The number of para-hydroxylation sites is 1. The highest BCUT2D eigenvalue weighted by Gasteiger charge is 2.15. The molecule has 1 aliphatic rings. The summed E-state index contributed by atoms with van der Waals surface area (Å²) in [6, 6.07) is 14.2. The molecule has 0 atom stereocenters. The fraction of sp³-hybridized carbons (Fsp3) is 0.133. The van der Waals surface area contributed by atoms with Crippen molar-refractivity contribution in [2.24, 2.45) is 5.73 Å². The number of amidine groups is 1. The summed E-state index contributed by atoms with van der Waals surface area (Å²) in [5, 5.41) is 11.1. The number of halogens is 1. The van der Waals surface area contributed by atoms with Gasteiger partial charge in [0, 0.05) is 16.9 Å². The van der Waals surface area contributed by atoms with Crippen LogP contribution in [0.2, 0.25) is 0 Å². The summed E-state index contributed by atoms with van der Waals surface area (Å²) < 4.78 is 0. The lowest BCUT2D eigenvalue weighted by Crippen LogP contribution is -2.14. The first-order valence-corrected chi connectivity index (χ1v) is 6.07. The Hall–Kier alpha value is -2.00. The molecular weight excluding hydrogens is 258 g/mol. The van der Waals surface area contributed by atoms with Crippen molar-refractivity contribution in [3.05, 3.63) is 59.2 Å². The maximum absolute atomic E-state index is 7.66. The van der Waals surface area contributed by atoms with Gasteiger partial charge in [-0.1, -0.05) is 30.3 Å². The van der Waals surface area contributed by atoms with E-state index in [1.54, 1.807) is 0 Å². The van der Waals surface area contributed by atoms with Crippen LogP contribution in [0.4, 0.5) is 11.4 Å². The van der Waals surface area contributed by atoms with E-state index in [0.717, 1.165) is 35.3 Å². The van der Waals surface area contributed by atoms with Crippen LogP contribution in [-0.4, -0.2) is 5.84 Å². The molecule has 4 heteroatoms. The molecule has 2 aromatic carbocycles. The molecule has 0 aliphatic carbocycles. The molecule has 4 N–H and O–H groups in total. The number of benzene rings is 2. The van der Waals surface area contributed by atoms with Gasteiger partial charge in [-0.3, -0.25) is 5.41 Å². The van der Waals surface area contributed by atoms with Crippen LogP contribution in [0.15, 0.2) is 42.5 Å². The van der Waals surface area contributed by atoms with Gasteiger partial charge in [-0.15, -0.1) is 12.4 Å². The highest BCUT2D eigenvalue weighted by Crippen LogP contribution is 2.31. The van der Waals surface area contributed by atoms with Crippen LogP contribution in [-0.2, 0) is 12.8 Å². The van der Waals surface area contributed by atoms with Crippen molar-refractivity contribution >= 4 is 29.6 Å². The number of aryl methyl sites for hydroxylation is 1. The Morgan fingerprint density at radius 2 is 1.74 bits per heavy atom. The van der Waals surface area contributed by atoms with Gasteiger partial charge in [0.2, 0.25) is 0 Å². The van der Waals surface area contributed by atoms with Crippen molar-refractivity contribution in [2.45, 2.75) is 12.8 Å². The standard InChI is InChI=1S/C15H15N3.ClH/c16-15(17)12-5-3-7-14-11(12)9-8-10-4-1-2-6-13(10)18-14;/h1-7,18H,8-9H2,(H3,16,17);1H. The number of nitrogens with one attached hydrogen (secondary N) is 2. The largest absolute Gasteiger partial charge is 0.384 e. The Morgan fingerprint density at radius 3 is 2.53 bits per heavy atom. The van der Waals surface area contributed by atoms with Gasteiger partial charge in [-0.05, 0) is 36.1 Å². The molecule has 0 amide bonds. The van der Waals surface area contributed by atoms with E-state index in [0.29, 0.717) is 0 Å². The lowest BCUT2D eigenvalue weighted by molar-refractivity contribution is 0.973. The highest BCUT2D eigenvalue weighted by atomic mass is 35.5. The van der Waals surface area contributed by atoms with Crippen LogP contribution in [0, 0.1) is 5.41 Å². The zero-order chi connectivity index (χ0) is 12.5. The van der Waals surface area contributed by atoms with Crippen molar-refractivity contribution in [1.82, 2.24) is 0 Å². The summed E-state index contributed by atoms with van der Waals surface area (Å²) >= 11 is 0. The minimum atomic E-state index is 0. The molecule has 19 heavy (non-hydrogen) atoms. The summed E-state index contributed by atoms with van der Waals surface area (Å²) in [5.41, 5.74) is 11.2. The molecule has 0 radical (unpaired) electrons. The molecule has 3 nitrogen and oxygen atoms in total. The maximum Gasteiger partial charge on any atom is 0.123 e. The molecular formula is C15H16ClN3. The number of fused-ring (bicyclic) bond motifs is 2. The Labute approximate surface area is 118 Å². The molecule has 0 spiro atoms. The summed E-state index contributed by atoms with van der Waals surface area (Å²) in [6.07, 6.45) is 1.88. The van der Waals surface area contributed by atoms with E-state index in [9.17, 15) is 0 Å². The van der Waals surface area contributed by atoms with Gasteiger partial charge < -0.3 is 11.1 Å². The topological polar surface area (TPSA) is 61.9 Å². The van der Waals surface area contributed by atoms with Gasteiger partial charge in [0.25, 0.3) is 0 Å². The van der Waals surface area contributed by atoms with Gasteiger partial charge in [-0.2, -0.15) is 0 Å². The number of hydrogen-bond donors (Lipinski definition) is 3. The molecule has 3 rings (SSSR count). The fourth-order valence-corrected chi connectivity index (χ4v) is 2.49. The van der Waals surface area contributed by atoms with Crippen LogP contribution in [0.1, 0.15) is 16.7 Å². The van der Waals surface area contributed by atoms with Gasteiger partial charge in [-0.25, -0.2) is 0 Å². The normalized spacial score (nSPS) is 12.2. The van der Waals surface area contributed by atoms with Crippen molar-refractivity contribution in [2.75, 3.05) is 5.32 Å². The van der Waals surface area contributed by atoms with Gasteiger partial charge >= 0.3 is 0 Å². The van der Waals surface area contributed by atoms with Crippen LogP contribution < -0.4 is 11.1 Å². The number of nitrogens with two attached hydrogens (primary N) is 1. The Morgan fingerprint density at radius 1 is 1.00 bits per heavy atom. The van der Waals surface area contributed by atoms with E-state index in [1.165, 1.54) is 5.56 Å². The molecule has 0 unspecified atom stereocenters. The zero-order valence-corrected chi connectivity index (χ0v) is 11.3. The second-order valence-corrected chi connectivity index (χ2v) is 4.53. The predicted octanol–water partition coefficient (Wildman–Crippen LogP) is 3.23. The third kappa shape index (κ3) is 2.42. The van der Waals surface area contributed by atoms with E-state index >= 15 is 0 Å². The highest BCUT2D eigenvalue weighted by molar-refractivity contribution is 5.98. The second-order valence-electron chi connectivity index (χ2n) is 4.53. The SMILES string of the molecule is Cl.N=C(N)c1cccc2c1CCc1ccccc1N2. The lowest BCUT2D eigenvalue weighted by atomic mass is 9.99. The molecule has 98 valence electrons. The molecule has 0 saturated carbocycles. The van der Waals surface area contributed by atoms with Crippen molar-refractivity contribution in [3.8, 4) is 0 Å². The monoisotopic (exact) mass is 273 g/mol. The number of hydrogen-bond acceptors (Lipinski definition) is 2. The maximum atomic E-state index is 7.66. The number of nitrogen functional groups attached to an aromatic ring is 1. The van der Waals surface area contributed by atoms with E-state index in [1.807, 2.05) is 24.3 Å². The Bertz CT molecular complexity index is 623. The summed E-state index contributed by atoms with van der Waals surface area (Å²) in [6.45, 7) is 0. The molecule has 0 saturated heterocycles. The second kappa shape index (κ2) is 5.33. The lowest BCUT2D eigenvalue weighted by Gasteiger charge is -2.12. The first-order chi connectivity index (χ1) is 8.75. The van der Waals surface area contributed by atoms with Gasteiger partial charge in [0.1, 0.15) is 5.84 Å². The van der Waals surface area contributed by atoms with E-state index in [2.05, 4.69) is 23.5 Å². The zero-order valence-electron chi connectivity index (χ0n) is 10.4. The van der Waals surface area contributed by atoms with Crippen LogP contribution in [0.3, 0.4) is 0 Å². The third-order valence-electron chi connectivity index (χ3n) is 3.40. The molecule has 2 aromatic rings. The summed E-state index contributed by atoms with van der Waals surface area (Å²) in [4.78, 5) is 0. The molecule has 0 aromatic heterocycles. The summed E-state index contributed by atoms with van der Waals surface area (Å²) in [5.74, 6) is 0.139. The summed E-state index contributed by atoms with van der Waals surface area (Å²) in [7, 11) is 0. The number of rotatable bonds is 1. The smallest absolute Gasteiger partial charge is 0.123 e. The van der Waals surface area contributed by atoms with Crippen LogP contribution in [0.25, 0.3) is 0 Å². The first-order valence-electron chi connectivity index (χ1n) is 6.07. The minimum absolute atomic E-state index is 0. The van der Waals surface area contributed by atoms with Crippen LogP contribution >= 0.6 is 12.4 Å². The Balaban J connectivity index is 0.00000133. The van der Waals surface area contributed by atoms with E-state index in [-0.39, 0.29) is 18.2 Å². The average Bonchev–Trinajstić information content (AvgIpc) is 2.56. The molecule has 1 heterocycles. The average molecular weight is 274 g/mol. The fourth-order valence-electron chi connectivity index (χ4n) is 2.49. The van der Waals surface area contributed by atoms with E-state index < -0.39 is 0 Å². The molecule has 1 aliphatic heterocycles. The van der Waals surface area contributed by atoms with Crippen molar-refractivity contribution < 1.29 is 0 Å². The van der Waals surface area contributed by atoms with Crippen LogP contribution in [0.5, 0.6) is 0 Å². The number of anilines is 2. The van der Waals surface area contributed by atoms with Gasteiger partial charge in [0.15, 0.2) is 0 Å². The Kier molecular flexibility index (Phi) is 3.76. The first kappa shape index (κ1) is 13.4. The molecule has 0 fully saturated rings. The predicted molar refractivity (Wildman–Crippen MR) is 81.8 cm³/mol. The molecule has 0 bridgehead atoms. The van der Waals surface area contributed by atoms with Gasteiger partial charge in [0.05, 0.1) is 0 Å². The third-order valence-corrected chi connectivity index (χ3v) is 3.40. The van der Waals surface area contributed by atoms with Crippen molar-refractivity contribution in [3.63, 3.8) is 0 Å². The minimum Gasteiger partial charge on any atom is -0.384 e. The van der Waals surface area contributed by atoms with E-state index in [4.69, 9.17) is 11.1 Å².